The molecule has 6 heteroatoms. The molecule has 0 heterocycles. The maximum Gasteiger partial charge on any atom is 0.339 e. The fraction of sp³-hybridized carbons (Fsp3) is 0.222. The van der Waals surface area contributed by atoms with Crippen molar-refractivity contribution in [2.75, 3.05) is 19.0 Å². The Kier molecular flexibility index (Phi) is 6.63. The summed E-state index contributed by atoms with van der Waals surface area (Å²) >= 11 is 5.99. The number of nitrogens with one attached hydrogen (secondary N) is 1. The van der Waals surface area contributed by atoms with Gasteiger partial charge in [-0.3, -0.25) is 4.79 Å². The third kappa shape index (κ3) is 4.99. The molecule has 2 aromatic carbocycles. The average molecular weight is 348 g/mol. The number of methoxy groups -OCH3 is 1. The van der Waals surface area contributed by atoms with Gasteiger partial charge in [-0.15, -0.1) is 0 Å². The van der Waals surface area contributed by atoms with Gasteiger partial charge in [0.25, 0.3) is 0 Å². The first-order chi connectivity index (χ1) is 11.6. The molecule has 2 rings (SSSR count). The summed E-state index contributed by atoms with van der Waals surface area (Å²) in [5.41, 5.74) is 0.752. The minimum atomic E-state index is -0.493. The van der Waals surface area contributed by atoms with Gasteiger partial charge in [-0.25, -0.2) is 4.79 Å². The van der Waals surface area contributed by atoms with E-state index < -0.39 is 5.97 Å². The van der Waals surface area contributed by atoms with E-state index in [-0.39, 0.29) is 12.3 Å². The number of esters is 1. The average Bonchev–Trinajstić information content (AvgIpc) is 2.60. The second kappa shape index (κ2) is 8.93. The minimum absolute atomic E-state index is 0.200. The third-order valence-electron chi connectivity index (χ3n) is 3.25. The first-order valence-corrected chi connectivity index (χ1v) is 7.84. The maximum absolute atomic E-state index is 12.0. The topological polar surface area (TPSA) is 64.6 Å². The number of amides is 1. The lowest BCUT2D eigenvalue weighted by molar-refractivity contribution is -0.116. The maximum atomic E-state index is 12.0. The molecular formula is C18H18ClNO4. The molecule has 1 N–H and O–H groups in total. The third-order valence-corrected chi connectivity index (χ3v) is 3.56. The van der Waals surface area contributed by atoms with E-state index in [1.807, 2.05) is 12.1 Å². The Morgan fingerprint density at radius 3 is 2.54 bits per heavy atom. The number of carbonyl (C=O) groups is 2. The van der Waals surface area contributed by atoms with Crippen molar-refractivity contribution in [1.82, 2.24) is 0 Å². The molecule has 0 unspecified atom stereocenters. The first-order valence-electron chi connectivity index (χ1n) is 7.46. The standard InChI is InChI=1S/C18H18ClNO4/c1-23-18(22)13-7-2-4-9-15(13)20-17(21)11-6-12-24-16-10-5-3-8-14(16)19/h2-5,7-10H,6,11-12H2,1H3,(H,20,21). The zero-order valence-corrected chi connectivity index (χ0v) is 14.0. The zero-order chi connectivity index (χ0) is 17.4. The van der Waals surface area contributed by atoms with E-state index in [0.29, 0.717) is 35.1 Å². The van der Waals surface area contributed by atoms with Crippen LogP contribution in [-0.4, -0.2) is 25.6 Å². The second-order valence-electron chi connectivity index (χ2n) is 4.97. The Labute approximate surface area is 145 Å². The number of rotatable bonds is 7. The van der Waals surface area contributed by atoms with Crippen LogP contribution < -0.4 is 10.1 Å². The van der Waals surface area contributed by atoms with E-state index >= 15 is 0 Å². The molecule has 2 aromatic rings. The minimum Gasteiger partial charge on any atom is -0.492 e. The fourth-order valence-electron chi connectivity index (χ4n) is 2.07. The SMILES string of the molecule is COC(=O)c1ccccc1NC(=O)CCCOc1ccccc1Cl. The molecule has 0 aromatic heterocycles. The molecule has 24 heavy (non-hydrogen) atoms. The van der Waals surface area contributed by atoms with Crippen molar-refractivity contribution in [3.05, 3.63) is 59.1 Å². The Morgan fingerprint density at radius 2 is 1.79 bits per heavy atom. The molecule has 0 aliphatic heterocycles. The lowest BCUT2D eigenvalue weighted by Gasteiger charge is -2.10. The van der Waals surface area contributed by atoms with Gasteiger partial charge in [0.1, 0.15) is 5.75 Å². The second-order valence-corrected chi connectivity index (χ2v) is 5.37. The number of halogens is 1. The van der Waals surface area contributed by atoms with Gasteiger partial charge in [-0.05, 0) is 30.7 Å². The number of hydrogen-bond acceptors (Lipinski definition) is 4. The van der Waals surface area contributed by atoms with Crippen LogP contribution in [0.15, 0.2) is 48.5 Å². The predicted octanol–water partition coefficient (Wildman–Crippen LogP) is 3.92. The number of carbonyl (C=O) groups excluding carboxylic acids is 2. The molecule has 0 aliphatic carbocycles. The van der Waals surface area contributed by atoms with Gasteiger partial charge >= 0.3 is 5.97 Å². The molecule has 0 aliphatic rings. The summed E-state index contributed by atoms with van der Waals surface area (Å²) in [5.74, 6) is -0.0994. The number of para-hydroxylation sites is 2. The largest absolute Gasteiger partial charge is 0.492 e. The van der Waals surface area contributed by atoms with Crippen LogP contribution in [0.1, 0.15) is 23.2 Å². The van der Waals surface area contributed by atoms with E-state index in [9.17, 15) is 9.59 Å². The molecule has 0 radical (unpaired) electrons. The van der Waals surface area contributed by atoms with Gasteiger partial charge < -0.3 is 14.8 Å². The summed E-state index contributed by atoms with van der Waals surface area (Å²) in [5, 5.41) is 3.25. The highest BCUT2D eigenvalue weighted by atomic mass is 35.5. The Balaban J connectivity index is 1.82. The van der Waals surface area contributed by atoms with Gasteiger partial charge in [0.05, 0.1) is 30.0 Å². The molecule has 1 amide bonds. The van der Waals surface area contributed by atoms with Crippen molar-refractivity contribution >= 4 is 29.2 Å². The van der Waals surface area contributed by atoms with Gasteiger partial charge in [0.15, 0.2) is 0 Å². The van der Waals surface area contributed by atoms with Crippen molar-refractivity contribution in [3.63, 3.8) is 0 Å². The van der Waals surface area contributed by atoms with Gasteiger partial charge in [0.2, 0.25) is 5.91 Å². The smallest absolute Gasteiger partial charge is 0.339 e. The number of hydrogen-bond donors (Lipinski definition) is 1. The van der Waals surface area contributed by atoms with Crippen molar-refractivity contribution in [2.45, 2.75) is 12.8 Å². The zero-order valence-electron chi connectivity index (χ0n) is 13.3. The van der Waals surface area contributed by atoms with Crippen LogP contribution in [0.2, 0.25) is 5.02 Å². The molecular weight excluding hydrogens is 330 g/mol. The summed E-state index contributed by atoms with van der Waals surface area (Å²) in [4.78, 5) is 23.7. The van der Waals surface area contributed by atoms with E-state index in [1.165, 1.54) is 7.11 Å². The first kappa shape index (κ1) is 17.8. The molecule has 126 valence electrons. The van der Waals surface area contributed by atoms with Crippen molar-refractivity contribution in [1.29, 1.82) is 0 Å². The van der Waals surface area contributed by atoms with Gasteiger partial charge in [0, 0.05) is 6.42 Å². The van der Waals surface area contributed by atoms with Crippen LogP contribution in [0.5, 0.6) is 5.75 Å². The van der Waals surface area contributed by atoms with E-state index in [2.05, 4.69) is 5.32 Å². The Bertz CT molecular complexity index is 718. The summed E-state index contributed by atoms with van der Waals surface area (Å²) in [6, 6.07) is 13.9. The number of benzene rings is 2. The van der Waals surface area contributed by atoms with Crippen LogP contribution in [0.3, 0.4) is 0 Å². The molecule has 0 atom stereocenters. The predicted molar refractivity (Wildman–Crippen MR) is 92.6 cm³/mol. The van der Waals surface area contributed by atoms with Crippen LogP contribution in [-0.2, 0) is 9.53 Å². The van der Waals surface area contributed by atoms with Gasteiger partial charge in [-0.1, -0.05) is 35.9 Å². The molecule has 0 spiro atoms. The lowest BCUT2D eigenvalue weighted by Crippen LogP contribution is -2.15. The van der Waals surface area contributed by atoms with Crippen LogP contribution in [0, 0.1) is 0 Å². The van der Waals surface area contributed by atoms with Gasteiger partial charge in [-0.2, -0.15) is 0 Å². The summed E-state index contributed by atoms with van der Waals surface area (Å²) < 4.78 is 10.2. The summed E-state index contributed by atoms with van der Waals surface area (Å²) in [6.07, 6.45) is 0.789. The monoisotopic (exact) mass is 347 g/mol. The summed E-state index contributed by atoms with van der Waals surface area (Å²) in [6.45, 7) is 0.371. The van der Waals surface area contributed by atoms with Crippen LogP contribution in [0.4, 0.5) is 5.69 Å². The van der Waals surface area contributed by atoms with Crippen LogP contribution >= 0.6 is 11.6 Å². The van der Waals surface area contributed by atoms with E-state index in [1.54, 1.807) is 36.4 Å². The molecule has 0 bridgehead atoms. The summed E-state index contributed by atoms with van der Waals surface area (Å²) in [7, 11) is 1.30. The highest BCUT2D eigenvalue weighted by Gasteiger charge is 2.13. The quantitative estimate of drug-likeness (QED) is 0.609. The highest BCUT2D eigenvalue weighted by Crippen LogP contribution is 2.23. The fourth-order valence-corrected chi connectivity index (χ4v) is 2.26. The van der Waals surface area contributed by atoms with Crippen molar-refractivity contribution < 1.29 is 19.1 Å². The molecule has 0 saturated carbocycles. The number of ether oxygens (including phenoxy) is 2. The van der Waals surface area contributed by atoms with E-state index in [4.69, 9.17) is 21.1 Å². The van der Waals surface area contributed by atoms with Crippen molar-refractivity contribution in [2.24, 2.45) is 0 Å². The lowest BCUT2D eigenvalue weighted by atomic mass is 10.1. The Morgan fingerprint density at radius 1 is 1.08 bits per heavy atom. The van der Waals surface area contributed by atoms with Crippen molar-refractivity contribution in [3.8, 4) is 5.75 Å². The van der Waals surface area contributed by atoms with Crippen LogP contribution in [0.25, 0.3) is 0 Å². The Hall–Kier alpha value is -2.53. The highest BCUT2D eigenvalue weighted by molar-refractivity contribution is 6.32. The molecule has 0 saturated heterocycles. The molecule has 5 nitrogen and oxygen atoms in total. The molecule has 0 fully saturated rings. The number of anilines is 1. The van der Waals surface area contributed by atoms with E-state index in [0.717, 1.165) is 0 Å². The normalized spacial score (nSPS) is 10.1.